The Morgan fingerprint density at radius 1 is 0.964 bits per heavy atom. The highest BCUT2D eigenvalue weighted by Crippen LogP contribution is 2.34. The number of hydrogen-bond acceptors (Lipinski definition) is 7. The molecule has 28 heavy (non-hydrogen) atoms. The predicted octanol–water partition coefficient (Wildman–Crippen LogP) is 2.20. The Morgan fingerprint density at radius 2 is 1.61 bits per heavy atom. The molecule has 2 rings (SSSR count). The molecular weight excluding hydrogens is 366 g/mol. The van der Waals surface area contributed by atoms with Crippen molar-refractivity contribution in [3.63, 3.8) is 0 Å². The number of phenolic OH excluding ortho intramolecular Hbond substituents is 1. The van der Waals surface area contributed by atoms with Crippen LogP contribution in [0.1, 0.15) is 21.5 Å². The Morgan fingerprint density at radius 3 is 2.21 bits per heavy atom. The van der Waals surface area contributed by atoms with Gasteiger partial charge < -0.3 is 29.4 Å². The maximum absolute atomic E-state index is 12.0. The van der Waals surface area contributed by atoms with Crippen LogP contribution in [-0.2, 0) is 16.1 Å². The van der Waals surface area contributed by atoms with E-state index in [0.29, 0.717) is 22.8 Å². The van der Waals surface area contributed by atoms with Crippen LogP contribution >= 0.6 is 0 Å². The van der Waals surface area contributed by atoms with E-state index in [4.69, 9.17) is 18.9 Å². The molecule has 0 bridgehead atoms. The fraction of sp³-hybridized carbons (Fsp3) is 0.300. The predicted molar refractivity (Wildman–Crippen MR) is 101 cm³/mol. The number of aromatic hydroxyl groups is 1. The lowest BCUT2D eigenvalue weighted by atomic mass is 10.1. The molecule has 0 saturated carbocycles. The van der Waals surface area contributed by atoms with E-state index in [9.17, 15) is 14.7 Å². The summed E-state index contributed by atoms with van der Waals surface area (Å²) in [6.45, 7) is 1.43. The largest absolute Gasteiger partial charge is 0.507 e. The van der Waals surface area contributed by atoms with Crippen LogP contribution < -0.4 is 19.5 Å². The lowest BCUT2D eigenvalue weighted by Crippen LogP contribution is -2.28. The standard InChI is InChI=1S/C20H23NO7/c1-12-5-6-14(15(22)7-12)20(24)28-11-19(23)21-10-13-8-17(26-3)18(27-4)9-16(13)25-2/h5-9,22H,10-11H2,1-4H3,(H,21,23). The summed E-state index contributed by atoms with van der Waals surface area (Å²) in [5, 5.41) is 12.4. The van der Waals surface area contributed by atoms with Crippen molar-refractivity contribution in [1.82, 2.24) is 5.32 Å². The first-order valence-corrected chi connectivity index (χ1v) is 8.42. The Kier molecular flexibility index (Phi) is 7.08. The monoisotopic (exact) mass is 389 g/mol. The van der Waals surface area contributed by atoms with Gasteiger partial charge in [0.05, 0.1) is 21.3 Å². The molecule has 0 atom stereocenters. The Hall–Kier alpha value is -3.42. The summed E-state index contributed by atoms with van der Waals surface area (Å²) in [7, 11) is 4.52. The molecule has 0 aliphatic heterocycles. The molecular formula is C20H23NO7. The zero-order chi connectivity index (χ0) is 20.7. The summed E-state index contributed by atoms with van der Waals surface area (Å²) in [5.74, 6) is 0.0308. The number of ether oxygens (including phenoxy) is 4. The second-order valence-electron chi connectivity index (χ2n) is 5.89. The van der Waals surface area contributed by atoms with Crippen LogP contribution in [-0.4, -0.2) is 44.9 Å². The minimum absolute atomic E-state index is 0.0000370. The van der Waals surface area contributed by atoms with Crippen LogP contribution in [0.25, 0.3) is 0 Å². The van der Waals surface area contributed by atoms with Crippen LogP contribution in [0.5, 0.6) is 23.0 Å². The molecule has 1 amide bonds. The summed E-state index contributed by atoms with van der Waals surface area (Å²) >= 11 is 0. The number of benzene rings is 2. The average molecular weight is 389 g/mol. The lowest BCUT2D eigenvalue weighted by molar-refractivity contribution is -0.124. The summed E-state index contributed by atoms with van der Waals surface area (Å²) in [6, 6.07) is 7.90. The molecule has 150 valence electrons. The Bertz CT molecular complexity index is 864. The van der Waals surface area contributed by atoms with Gasteiger partial charge in [-0.3, -0.25) is 4.79 Å². The van der Waals surface area contributed by atoms with E-state index < -0.39 is 18.5 Å². The second-order valence-corrected chi connectivity index (χ2v) is 5.89. The quantitative estimate of drug-likeness (QED) is 0.667. The van der Waals surface area contributed by atoms with Crippen LogP contribution in [0.2, 0.25) is 0 Å². The highest BCUT2D eigenvalue weighted by atomic mass is 16.5. The van der Waals surface area contributed by atoms with Gasteiger partial charge in [0.25, 0.3) is 5.91 Å². The molecule has 0 unspecified atom stereocenters. The normalized spacial score (nSPS) is 10.1. The van der Waals surface area contributed by atoms with E-state index in [1.165, 1.54) is 33.5 Å². The SMILES string of the molecule is COc1cc(OC)c(OC)cc1CNC(=O)COC(=O)c1ccc(C)cc1O. The number of carbonyl (C=O) groups excluding carboxylic acids is 2. The Labute approximate surface area is 163 Å². The molecule has 0 saturated heterocycles. The molecule has 0 aliphatic carbocycles. The van der Waals surface area contributed by atoms with Gasteiger partial charge in [0.1, 0.15) is 17.1 Å². The third-order valence-electron chi connectivity index (χ3n) is 3.97. The van der Waals surface area contributed by atoms with Crippen molar-refractivity contribution < 1.29 is 33.6 Å². The average Bonchev–Trinajstić information content (AvgIpc) is 2.69. The molecule has 2 aromatic carbocycles. The molecule has 0 aromatic heterocycles. The maximum atomic E-state index is 12.0. The van der Waals surface area contributed by atoms with Gasteiger partial charge >= 0.3 is 5.97 Å². The number of phenols is 1. The van der Waals surface area contributed by atoms with Crippen LogP contribution in [0.4, 0.5) is 0 Å². The highest BCUT2D eigenvalue weighted by Gasteiger charge is 2.16. The number of aryl methyl sites for hydroxylation is 1. The number of carbonyl (C=O) groups is 2. The minimum Gasteiger partial charge on any atom is -0.507 e. The summed E-state index contributed by atoms with van der Waals surface area (Å²) in [6.07, 6.45) is 0. The first-order chi connectivity index (χ1) is 13.4. The number of rotatable bonds is 8. The molecule has 2 N–H and O–H groups in total. The van der Waals surface area contributed by atoms with Gasteiger partial charge in [-0.15, -0.1) is 0 Å². The van der Waals surface area contributed by atoms with Crippen molar-refractivity contribution in [2.45, 2.75) is 13.5 Å². The second kappa shape index (κ2) is 9.50. The van der Waals surface area contributed by atoms with Gasteiger partial charge in [0, 0.05) is 18.2 Å². The molecule has 0 radical (unpaired) electrons. The molecule has 0 aliphatic rings. The number of methoxy groups -OCH3 is 3. The fourth-order valence-corrected chi connectivity index (χ4v) is 2.50. The van der Waals surface area contributed by atoms with E-state index in [1.807, 2.05) is 0 Å². The van der Waals surface area contributed by atoms with Crippen molar-refractivity contribution in [2.75, 3.05) is 27.9 Å². The van der Waals surface area contributed by atoms with Crippen molar-refractivity contribution in [3.05, 3.63) is 47.0 Å². The zero-order valence-corrected chi connectivity index (χ0v) is 16.2. The third kappa shape index (κ3) is 5.06. The number of esters is 1. The molecule has 0 spiro atoms. The van der Waals surface area contributed by atoms with E-state index in [2.05, 4.69) is 5.32 Å². The minimum atomic E-state index is -0.781. The van der Waals surface area contributed by atoms with Crippen LogP contribution in [0.3, 0.4) is 0 Å². The van der Waals surface area contributed by atoms with Gasteiger partial charge in [-0.1, -0.05) is 6.07 Å². The summed E-state index contributed by atoms with van der Waals surface area (Å²) in [5.41, 5.74) is 1.46. The van der Waals surface area contributed by atoms with Gasteiger partial charge in [-0.05, 0) is 30.7 Å². The van der Waals surface area contributed by atoms with Crippen LogP contribution in [0.15, 0.2) is 30.3 Å². The first kappa shape index (κ1) is 20.9. The van der Waals surface area contributed by atoms with Crippen LogP contribution in [0, 0.1) is 6.92 Å². The van der Waals surface area contributed by atoms with Gasteiger partial charge in [-0.2, -0.15) is 0 Å². The van der Waals surface area contributed by atoms with E-state index >= 15 is 0 Å². The smallest absolute Gasteiger partial charge is 0.342 e. The number of nitrogens with one attached hydrogen (secondary N) is 1. The van der Waals surface area contributed by atoms with Crippen molar-refractivity contribution >= 4 is 11.9 Å². The summed E-state index contributed by atoms with van der Waals surface area (Å²) in [4.78, 5) is 24.0. The molecule has 8 heteroatoms. The maximum Gasteiger partial charge on any atom is 0.342 e. The molecule has 0 heterocycles. The fourth-order valence-electron chi connectivity index (χ4n) is 2.50. The number of hydrogen-bond donors (Lipinski definition) is 2. The lowest BCUT2D eigenvalue weighted by Gasteiger charge is -2.14. The van der Waals surface area contributed by atoms with Crippen molar-refractivity contribution in [1.29, 1.82) is 0 Å². The number of amides is 1. The van der Waals surface area contributed by atoms with E-state index in [-0.39, 0.29) is 17.9 Å². The topological polar surface area (TPSA) is 103 Å². The highest BCUT2D eigenvalue weighted by molar-refractivity contribution is 5.93. The van der Waals surface area contributed by atoms with Gasteiger partial charge in [0.2, 0.25) is 0 Å². The summed E-state index contributed by atoms with van der Waals surface area (Å²) < 4.78 is 20.7. The third-order valence-corrected chi connectivity index (χ3v) is 3.97. The van der Waals surface area contributed by atoms with Crippen molar-refractivity contribution in [3.8, 4) is 23.0 Å². The first-order valence-electron chi connectivity index (χ1n) is 8.42. The van der Waals surface area contributed by atoms with E-state index in [1.54, 1.807) is 25.1 Å². The van der Waals surface area contributed by atoms with Gasteiger partial charge in [-0.25, -0.2) is 4.79 Å². The Balaban J connectivity index is 1.96. The molecule has 8 nitrogen and oxygen atoms in total. The zero-order valence-electron chi connectivity index (χ0n) is 16.2. The molecule has 0 fully saturated rings. The van der Waals surface area contributed by atoms with Gasteiger partial charge in [0.15, 0.2) is 18.1 Å². The van der Waals surface area contributed by atoms with Crippen molar-refractivity contribution in [2.24, 2.45) is 0 Å². The van der Waals surface area contributed by atoms with E-state index in [0.717, 1.165) is 5.56 Å². The molecule has 2 aromatic rings.